The summed E-state index contributed by atoms with van der Waals surface area (Å²) in [7, 11) is 0. The molecule has 0 saturated heterocycles. The van der Waals surface area contributed by atoms with Crippen molar-refractivity contribution in [3.8, 4) is 0 Å². The predicted molar refractivity (Wildman–Crippen MR) is 83.8 cm³/mol. The van der Waals surface area contributed by atoms with Gasteiger partial charge in [-0.15, -0.1) is 0 Å². The number of nitrogens with two attached hydrogens (primary N) is 1. The van der Waals surface area contributed by atoms with Crippen LogP contribution in [0.1, 0.15) is 29.5 Å². The zero-order valence-electron chi connectivity index (χ0n) is 10.9. The monoisotopic (exact) mass is 306 g/mol. The summed E-state index contributed by atoms with van der Waals surface area (Å²) in [6.07, 6.45) is 1.11. The Morgan fingerprint density at radius 2 is 1.85 bits per heavy atom. The number of hydrogen-bond donors (Lipinski definition) is 2. The summed E-state index contributed by atoms with van der Waals surface area (Å²) in [6.45, 7) is 0. The topological polar surface area (TPSA) is 38.0 Å². The Balaban J connectivity index is 1.84. The predicted octanol–water partition coefficient (Wildman–Crippen LogP) is 4.30. The van der Waals surface area contributed by atoms with E-state index in [1.807, 2.05) is 18.2 Å². The second-order valence-electron chi connectivity index (χ2n) is 5.23. The van der Waals surface area contributed by atoms with Crippen molar-refractivity contribution < 1.29 is 0 Å². The fourth-order valence-electron chi connectivity index (χ4n) is 2.86. The standard InChI is InChI=1S/C16H16Cl2N2/c17-11-6-7-15(18)14(8-11)16(20-19)13-9-12(13)10-4-2-1-3-5-10/h1-8,12-13,16,20H,9,19H2. The van der Waals surface area contributed by atoms with Crippen LogP contribution >= 0.6 is 23.2 Å². The largest absolute Gasteiger partial charge is 0.271 e. The Morgan fingerprint density at radius 1 is 1.10 bits per heavy atom. The fraction of sp³-hybridized carbons (Fsp3) is 0.250. The van der Waals surface area contributed by atoms with Crippen LogP contribution in [0.3, 0.4) is 0 Å². The van der Waals surface area contributed by atoms with Gasteiger partial charge in [-0.3, -0.25) is 11.3 Å². The van der Waals surface area contributed by atoms with Crippen LogP contribution in [0.5, 0.6) is 0 Å². The number of halogens is 2. The highest BCUT2D eigenvalue weighted by Crippen LogP contribution is 2.54. The van der Waals surface area contributed by atoms with Gasteiger partial charge in [0.05, 0.1) is 6.04 Å². The maximum atomic E-state index is 6.28. The van der Waals surface area contributed by atoms with Gasteiger partial charge in [-0.25, -0.2) is 0 Å². The third-order valence-electron chi connectivity index (χ3n) is 3.97. The average Bonchev–Trinajstić information content (AvgIpc) is 3.25. The van der Waals surface area contributed by atoms with Crippen LogP contribution < -0.4 is 11.3 Å². The van der Waals surface area contributed by atoms with E-state index in [9.17, 15) is 0 Å². The molecule has 0 spiro atoms. The zero-order valence-corrected chi connectivity index (χ0v) is 12.4. The molecule has 4 heteroatoms. The lowest BCUT2D eigenvalue weighted by atomic mass is 9.99. The molecular weight excluding hydrogens is 291 g/mol. The van der Waals surface area contributed by atoms with Crippen molar-refractivity contribution in [2.24, 2.45) is 11.8 Å². The average molecular weight is 307 g/mol. The zero-order chi connectivity index (χ0) is 14.1. The third-order valence-corrected chi connectivity index (χ3v) is 4.55. The summed E-state index contributed by atoms with van der Waals surface area (Å²) < 4.78 is 0. The molecule has 3 N–H and O–H groups in total. The number of benzene rings is 2. The molecule has 3 atom stereocenters. The van der Waals surface area contributed by atoms with Crippen LogP contribution in [0.2, 0.25) is 10.0 Å². The van der Waals surface area contributed by atoms with Gasteiger partial charge in [0.2, 0.25) is 0 Å². The molecule has 2 nitrogen and oxygen atoms in total. The molecule has 1 aliphatic rings. The second kappa shape index (κ2) is 5.74. The quantitative estimate of drug-likeness (QED) is 0.653. The van der Waals surface area contributed by atoms with Crippen molar-refractivity contribution in [1.29, 1.82) is 0 Å². The van der Waals surface area contributed by atoms with Gasteiger partial charge in [-0.2, -0.15) is 0 Å². The van der Waals surface area contributed by atoms with E-state index in [4.69, 9.17) is 29.0 Å². The molecular formula is C16H16Cl2N2. The molecule has 104 valence electrons. The van der Waals surface area contributed by atoms with E-state index in [-0.39, 0.29) is 6.04 Å². The summed E-state index contributed by atoms with van der Waals surface area (Å²) in [5, 5.41) is 1.39. The van der Waals surface area contributed by atoms with Gasteiger partial charge in [0.15, 0.2) is 0 Å². The molecule has 0 aliphatic heterocycles. The highest BCUT2D eigenvalue weighted by atomic mass is 35.5. The van der Waals surface area contributed by atoms with Crippen LogP contribution in [-0.2, 0) is 0 Å². The summed E-state index contributed by atoms with van der Waals surface area (Å²) in [4.78, 5) is 0. The minimum atomic E-state index is 0.0337. The SMILES string of the molecule is NNC(c1cc(Cl)ccc1Cl)C1CC1c1ccccc1. The normalized spacial score (nSPS) is 22.6. The van der Waals surface area contributed by atoms with E-state index >= 15 is 0 Å². The molecule has 2 aromatic rings. The van der Waals surface area contributed by atoms with Crippen LogP contribution in [0.15, 0.2) is 48.5 Å². The first-order valence-electron chi connectivity index (χ1n) is 6.66. The third kappa shape index (κ3) is 2.70. The smallest absolute Gasteiger partial charge is 0.0509 e. The molecule has 20 heavy (non-hydrogen) atoms. The lowest BCUT2D eigenvalue weighted by molar-refractivity contribution is 0.487. The first-order valence-corrected chi connectivity index (χ1v) is 7.42. The van der Waals surface area contributed by atoms with Crippen molar-refractivity contribution >= 4 is 23.2 Å². The summed E-state index contributed by atoms with van der Waals surface area (Å²) >= 11 is 12.4. The molecule has 0 amide bonds. The summed E-state index contributed by atoms with van der Waals surface area (Å²) in [6, 6.07) is 16.1. The van der Waals surface area contributed by atoms with Crippen molar-refractivity contribution in [3.63, 3.8) is 0 Å². The molecule has 3 rings (SSSR count). The van der Waals surface area contributed by atoms with Crippen molar-refractivity contribution in [2.45, 2.75) is 18.4 Å². The van der Waals surface area contributed by atoms with E-state index in [0.717, 1.165) is 12.0 Å². The molecule has 0 bridgehead atoms. The van der Waals surface area contributed by atoms with Gasteiger partial charge in [0.25, 0.3) is 0 Å². The van der Waals surface area contributed by atoms with Gasteiger partial charge < -0.3 is 0 Å². The Bertz CT molecular complexity index is 601. The van der Waals surface area contributed by atoms with E-state index in [1.54, 1.807) is 6.07 Å². The number of rotatable bonds is 4. The lowest BCUT2D eigenvalue weighted by Gasteiger charge is -2.18. The summed E-state index contributed by atoms with van der Waals surface area (Å²) in [5.74, 6) is 6.74. The van der Waals surface area contributed by atoms with Gasteiger partial charge in [0, 0.05) is 10.0 Å². The van der Waals surface area contributed by atoms with Crippen molar-refractivity contribution in [1.82, 2.24) is 5.43 Å². The highest BCUT2D eigenvalue weighted by molar-refractivity contribution is 6.33. The molecule has 0 heterocycles. The number of hydrogen-bond acceptors (Lipinski definition) is 2. The number of hydrazine groups is 1. The second-order valence-corrected chi connectivity index (χ2v) is 6.07. The molecule has 0 radical (unpaired) electrons. The molecule has 3 unspecified atom stereocenters. The first kappa shape index (κ1) is 13.9. The Kier molecular flexibility index (Phi) is 3.99. The molecule has 1 aliphatic carbocycles. The lowest BCUT2D eigenvalue weighted by Crippen LogP contribution is -2.30. The highest BCUT2D eigenvalue weighted by Gasteiger charge is 2.44. The maximum Gasteiger partial charge on any atom is 0.0509 e. The van der Waals surface area contributed by atoms with Crippen molar-refractivity contribution in [3.05, 3.63) is 69.7 Å². The van der Waals surface area contributed by atoms with Crippen LogP contribution in [0.25, 0.3) is 0 Å². The molecule has 1 fully saturated rings. The minimum Gasteiger partial charge on any atom is -0.271 e. The molecule has 1 saturated carbocycles. The van der Waals surface area contributed by atoms with Crippen molar-refractivity contribution in [2.75, 3.05) is 0 Å². The molecule has 2 aromatic carbocycles. The van der Waals surface area contributed by atoms with Gasteiger partial charge >= 0.3 is 0 Å². The first-order chi connectivity index (χ1) is 9.70. The van der Waals surface area contributed by atoms with Crippen LogP contribution in [0.4, 0.5) is 0 Å². The van der Waals surface area contributed by atoms with E-state index in [1.165, 1.54) is 5.56 Å². The maximum absolute atomic E-state index is 6.28. The Morgan fingerprint density at radius 3 is 2.55 bits per heavy atom. The minimum absolute atomic E-state index is 0.0337. The van der Waals surface area contributed by atoms with E-state index in [2.05, 4.69) is 29.7 Å². The Labute approximate surface area is 128 Å². The number of nitrogens with one attached hydrogen (secondary N) is 1. The fourth-order valence-corrected chi connectivity index (χ4v) is 3.28. The van der Waals surface area contributed by atoms with E-state index < -0.39 is 0 Å². The van der Waals surface area contributed by atoms with Gasteiger partial charge in [-0.1, -0.05) is 53.5 Å². The van der Waals surface area contributed by atoms with Gasteiger partial charge in [0.1, 0.15) is 0 Å². The van der Waals surface area contributed by atoms with E-state index in [0.29, 0.717) is 21.9 Å². The summed E-state index contributed by atoms with van der Waals surface area (Å²) in [5.41, 5.74) is 5.24. The van der Waals surface area contributed by atoms with Crippen LogP contribution in [-0.4, -0.2) is 0 Å². The Hall–Kier alpha value is -1.06. The van der Waals surface area contributed by atoms with Gasteiger partial charge in [-0.05, 0) is 47.6 Å². The van der Waals surface area contributed by atoms with Crippen LogP contribution in [0, 0.1) is 5.92 Å². The molecule has 0 aromatic heterocycles.